The van der Waals surface area contributed by atoms with Gasteiger partial charge in [0.1, 0.15) is 35.2 Å². The van der Waals surface area contributed by atoms with Gasteiger partial charge in [0.15, 0.2) is 5.82 Å². The van der Waals surface area contributed by atoms with Crippen molar-refractivity contribution < 1.29 is 62.9 Å². The Labute approximate surface area is 343 Å². The van der Waals surface area contributed by atoms with Gasteiger partial charge in [0, 0.05) is 43.7 Å². The van der Waals surface area contributed by atoms with Crippen molar-refractivity contribution in [2.75, 3.05) is 51.3 Å². The number of halogens is 11. The summed E-state index contributed by atoms with van der Waals surface area (Å²) in [5, 5.41) is 15.5. The van der Waals surface area contributed by atoms with Crippen LogP contribution in [-0.4, -0.2) is 107 Å². The quantitative estimate of drug-likeness (QED) is 0.151. The third kappa shape index (κ3) is 8.08. The Morgan fingerprint density at radius 3 is 2.15 bits per heavy atom. The predicted molar refractivity (Wildman–Crippen MR) is 204 cm³/mol. The van der Waals surface area contributed by atoms with Crippen molar-refractivity contribution in [1.29, 1.82) is 0 Å². The number of hydrogen-bond donors (Lipinski definition) is 2. The van der Waals surface area contributed by atoms with Crippen LogP contribution in [0.15, 0.2) is 24.3 Å². The van der Waals surface area contributed by atoms with Gasteiger partial charge in [-0.3, -0.25) is 4.90 Å². The lowest BCUT2D eigenvalue weighted by Crippen LogP contribution is -2.67. The van der Waals surface area contributed by atoms with Crippen LogP contribution in [0.1, 0.15) is 63.6 Å². The second-order valence-corrected chi connectivity index (χ2v) is 15.0. The van der Waals surface area contributed by atoms with Gasteiger partial charge in [0.25, 0.3) is 0 Å². The first-order valence-electron chi connectivity index (χ1n) is 19.7. The molecule has 2 aromatic heterocycles. The maximum absolute atomic E-state index is 17.0. The molecule has 8 rings (SSSR count). The first kappa shape index (κ1) is 45.8. The van der Waals surface area contributed by atoms with E-state index in [1.165, 1.54) is 24.3 Å². The van der Waals surface area contributed by atoms with E-state index in [9.17, 15) is 49.0 Å². The molecule has 6 heterocycles. The van der Waals surface area contributed by atoms with Crippen molar-refractivity contribution in [3.63, 3.8) is 0 Å². The summed E-state index contributed by atoms with van der Waals surface area (Å²) in [6.07, 6.45) is -7.41. The van der Waals surface area contributed by atoms with Crippen LogP contribution in [0.5, 0.6) is 11.8 Å². The molecular formula is C41H43F11N6O3. The number of nitrogens with one attached hydrogen (secondary N) is 1. The zero-order chi connectivity index (χ0) is 44.7. The summed E-state index contributed by atoms with van der Waals surface area (Å²) in [5.41, 5.74) is -5.20. The van der Waals surface area contributed by atoms with Gasteiger partial charge in [-0.05, 0) is 81.6 Å². The number of aryl methyl sites for hydroxylation is 1. The summed E-state index contributed by atoms with van der Waals surface area (Å²) in [6, 6.07) is 6.03. The molecule has 0 aliphatic carbocycles. The van der Waals surface area contributed by atoms with Crippen LogP contribution >= 0.6 is 0 Å². The number of alkyl halides is 9. The van der Waals surface area contributed by atoms with Crippen LogP contribution in [0.2, 0.25) is 0 Å². The molecule has 20 heteroatoms. The standard InChI is InChI=1S/C34H34F2N6O2.C5H3F9O.C2H6/c1-2-23-25(35)9-8-20-16-22(43)17-24(27(20)23)30-29(36)31-28-26(38-30)7-3-6-21-18-37-12-15-42(21)32(28)40-33(39-31)44-19-34-10-4-13-41(34)14-5-11-34;1-15-2(3(6,7)8,4(9,10)11)5(12,13)14;1-2/h1,8-9,16-17,21,37,43H,3-7,10-15,18-19H2;1H3;1-2H3. The number of aromatic hydroxyl groups is 1. The lowest BCUT2D eigenvalue weighted by Gasteiger charge is -2.39. The van der Waals surface area contributed by atoms with E-state index in [4.69, 9.17) is 26.1 Å². The number of aromatic nitrogens is 3. The van der Waals surface area contributed by atoms with Crippen molar-refractivity contribution in [3.8, 4) is 35.4 Å². The Bertz CT molecular complexity index is 2250. The van der Waals surface area contributed by atoms with E-state index in [1.54, 1.807) is 0 Å². The fraction of sp³-hybridized carbons (Fsp3) is 0.537. The summed E-state index contributed by atoms with van der Waals surface area (Å²) in [7, 11) is -0.311. The number of benzene rings is 2. The lowest BCUT2D eigenvalue weighted by atomic mass is 9.94. The number of anilines is 1. The molecule has 0 radical (unpaired) electrons. The number of hydrogen-bond acceptors (Lipinski definition) is 9. The van der Waals surface area contributed by atoms with Crippen LogP contribution in [0.25, 0.3) is 32.9 Å². The summed E-state index contributed by atoms with van der Waals surface area (Å²) >= 11 is 0. The van der Waals surface area contributed by atoms with Gasteiger partial charge in [-0.15, -0.1) is 6.42 Å². The van der Waals surface area contributed by atoms with Crippen molar-refractivity contribution in [2.45, 2.75) is 94.5 Å². The molecule has 3 saturated heterocycles. The number of methoxy groups -OCH3 is 1. The van der Waals surface area contributed by atoms with Gasteiger partial charge in [-0.1, -0.05) is 25.8 Å². The Kier molecular flexibility index (Phi) is 12.9. The van der Waals surface area contributed by atoms with Crippen LogP contribution < -0.4 is 15.0 Å². The van der Waals surface area contributed by atoms with Gasteiger partial charge in [-0.2, -0.15) is 49.5 Å². The molecule has 1 atom stereocenters. The van der Waals surface area contributed by atoms with E-state index in [1.807, 2.05) is 13.8 Å². The van der Waals surface area contributed by atoms with Gasteiger partial charge in [0.2, 0.25) is 0 Å². The summed E-state index contributed by atoms with van der Waals surface area (Å²) in [4.78, 5) is 19.3. The Balaban J connectivity index is 0.000000313. The second kappa shape index (κ2) is 17.2. The SMILES string of the molecule is C#Cc1c(F)ccc2cc(O)cc(-c3nc4c5c(nc(OCC67CCCN6CCC7)nc5c3F)N3CCNCC3CCC4)c12.CC.COC(C(F)(F)F)(C(F)(F)F)C(F)(F)F. The highest BCUT2D eigenvalue weighted by Crippen LogP contribution is 2.54. The van der Waals surface area contributed by atoms with Crippen molar-refractivity contribution in [2.24, 2.45) is 0 Å². The first-order valence-corrected chi connectivity index (χ1v) is 19.7. The molecule has 2 aromatic carbocycles. The zero-order valence-corrected chi connectivity index (χ0v) is 33.3. The van der Waals surface area contributed by atoms with Crippen molar-refractivity contribution >= 4 is 27.5 Å². The molecule has 332 valence electrons. The molecule has 0 bridgehead atoms. The summed E-state index contributed by atoms with van der Waals surface area (Å²) in [5.74, 6) is 1.70. The van der Waals surface area contributed by atoms with E-state index in [0.29, 0.717) is 40.7 Å². The van der Waals surface area contributed by atoms with E-state index in [-0.39, 0.29) is 52.8 Å². The molecule has 3 fully saturated rings. The van der Waals surface area contributed by atoms with Gasteiger partial charge in [0.05, 0.1) is 22.2 Å². The molecule has 0 spiro atoms. The molecule has 4 aromatic rings. The number of piperazine rings is 1. The average molecular weight is 877 g/mol. The van der Waals surface area contributed by atoms with E-state index in [2.05, 4.69) is 25.8 Å². The first-order chi connectivity index (χ1) is 28.8. The molecule has 9 nitrogen and oxygen atoms in total. The summed E-state index contributed by atoms with van der Waals surface area (Å²) < 4.78 is 147. The fourth-order valence-electron chi connectivity index (χ4n) is 8.88. The molecule has 1 unspecified atom stereocenters. The van der Waals surface area contributed by atoms with E-state index >= 15 is 4.39 Å². The van der Waals surface area contributed by atoms with Crippen molar-refractivity contribution in [3.05, 3.63) is 47.2 Å². The number of phenols is 1. The number of phenolic OH excluding ortho intramolecular Hbond substituents is 1. The topological polar surface area (TPSA) is 95.9 Å². The largest absolute Gasteiger partial charge is 0.508 e. The number of pyridine rings is 1. The monoisotopic (exact) mass is 876 g/mol. The molecular weight excluding hydrogens is 833 g/mol. The minimum atomic E-state index is -6.64. The highest BCUT2D eigenvalue weighted by atomic mass is 19.4. The van der Waals surface area contributed by atoms with Crippen LogP contribution in [0, 0.1) is 24.0 Å². The molecule has 0 amide bonds. The minimum Gasteiger partial charge on any atom is -0.508 e. The van der Waals surface area contributed by atoms with E-state index in [0.717, 1.165) is 71.2 Å². The van der Waals surface area contributed by atoms with Crippen LogP contribution in [-0.2, 0) is 11.2 Å². The molecule has 4 aliphatic heterocycles. The number of terminal acetylenes is 1. The number of fused-ring (bicyclic) bond motifs is 4. The Morgan fingerprint density at radius 2 is 1.56 bits per heavy atom. The maximum atomic E-state index is 17.0. The number of rotatable bonds is 5. The molecule has 61 heavy (non-hydrogen) atoms. The predicted octanol–water partition coefficient (Wildman–Crippen LogP) is 9.02. The smallest absolute Gasteiger partial charge is 0.435 e. The molecule has 0 saturated carbocycles. The van der Waals surface area contributed by atoms with Crippen LogP contribution in [0.4, 0.5) is 54.1 Å². The Morgan fingerprint density at radius 1 is 0.902 bits per heavy atom. The van der Waals surface area contributed by atoms with Crippen LogP contribution in [0.3, 0.4) is 0 Å². The van der Waals surface area contributed by atoms with E-state index < -0.39 is 35.8 Å². The third-order valence-corrected chi connectivity index (χ3v) is 11.6. The van der Waals surface area contributed by atoms with Gasteiger partial charge < -0.3 is 24.8 Å². The second-order valence-electron chi connectivity index (χ2n) is 15.0. The average Bonchev–Trinajstić information content (AvgIpc) is 3.78. The molecule has 4 aliphatic rings. The fourth-order valence-corrected chi connectivity index (χ4v) is 8.88. The number of ether oxygens (including phenoxy) is 2. The minimum absolute atomic E-state index is 0.00513. The zero-order valence-electron chi connectivity index (χ0n) is 33.3. The summed E-state index contributed by atoms with van der Waals surface area (Å²) in [6.45, 7) is 8.92. The normalized spacial score (nSPS) is 19.2. The van der Waals surface area contributed by atoms with Gasteiger partial charge >= 0.3 is 30.1 Å². The maximum Gasteiger partial charge on any atom is 0.435 e. The third-order valence-electron chi connectivity index (χ3n) is 11.6. The lowest BCUT2D eigenvalue weighted by molar-refractivity contribution is -0.452. The molecule has 2 N–H and O–H groups in total. The highest BCUT2D eigenvalue weighted by molar-refractivity contribution is 6.03. The van der Waals surface area contributed by atoms with Crippen molar-refractivity contribution in [1.82, 2.24) is 25.2 Å². The highest BCUT2D eigenvalue weighted by Gasteiger charge is 2.85. The van der Waals surface area contributed by atoms with Gasteiger partial charge in [-0.25, -0.2) is 13.8 Å². The number of nitrogens with zero attached hydrogens (tertiary/aromatic N) is 5. The Hall–Kier alpha value is -4.74.